The quantitative estimate of drug-likeness (QED) is 0.846. The molecule has 5 nitrogen and oxygen atoms in total. The number of hydrogen-bond acceptors (Lipinski definition) is 3. The first kappa shape index (κ1) is 13.3. The summed E-state index contributed by atoms with van der Waals surface area (Å²) in [4.78, 5) is 22.7. The summed E-state index contributed by atoms with van der Waals surface area (Å²) in [5.41, 5.74) is -0.342. The van der Waals surface area contributed by atoms with Crippen molar-refractivity contribution < 1.29 is 19.1 Å². The van der Waals surface area contributed by atoms with Crippen molar-refractivity contribution in [3.8, 4) is 0 Å². The molecule has 0 atom stereocenters. The molecular formula is C12H17NO4. The molecule has 1 heterocycles. The van der Waals surface area contributed by atoms with Crippen molar-refractivity contribution in [2.45, 2.75) is 39.7 Å². The van der Waals surface area contributed by atoms with Crippen LogP contribution in [0.1, 0.15) is 54.4 Å². The second kappa shape index (κ2) is 4.61. The molecule has 0 aliphatic carbocycles. The van der Waals surface area contributed by atoms with E-state index in [1.807, 2.05) is 20.8 Å². The smallest absolute Gasteiger partial charge is 0.339 e. The Kier molecular flexibility index (Phi) is 3.60. The van der Waals surface area contributed by atoms with E-state index in [-0.39, 0.29) is 16.9 Å². The minimum absolute atomic E-state index is 0.0363. The minimum Gasteiger partial charge on any atom is -0.478 e. The lowest BCUT2D eigenvalue weighted by molar-refractivity contribution is 0.0694. The molecule has 94 valence electrons. The van der Waals surface area contributed by atoms with Gasteiger partial charge in [-0.2, -0.15) is 0 Å². The number of amides is 1. The summed E-state index contributed by atoms with van der Waals surface area (Å²) < 4.78 is 5.24. The molecule has 0 saturated heterocycles. The van der Waals surface area contributed by atoms with Gasteiger partial charge >= 0.3 is 5.97 Å². The number of carbonyl (C=O) groups is 2. The van der Waals surface area contributed by atoms with Gasteiger partial charge in [-0.3, -0.25) is 4.79 Å². The molecule has 0 saturated carbocycles. The van der Waals surface area contributed by atoms with Gasteiger partial charge in [0.15, 0.2) is 5.76 Å². The topological polar surface area (TPSA) is 79.5 Å². The Morgan fingerprint density at radius 1 is 1.41 bits per heavy atom. The number of aromatic carboxylic acids is 1. The number of carboxylic acids is 1. The predicted octanol–water partition coefficient (Wildman–Crippen LogP) is 2.07. The fourth-order valence-electron chi connectivity index (χ4n) is 1.39. The fraction of sp³-hybridized carbons (Fsp3) is 0.500. The standard InChI is InChI=1S/C12H17NO4/c1-5-8-7(11(15)16)6-9(17-8)10(14)13-12(2,3)4/h6H,5H2,1-4H3,(H,13,14)(H,15,16). The van der Waals surface area contributed by atoms with E-state index in [4.69, 9.17) is 9.52 Å². The molecule has 0 fully saturated rings. The lowest BCUT2D eigenvalue weighted by atomic mass is 10.1. The van der Waals surface area contributed by atoms with Crippen molar-refractivity contribution in [1.82, 2.24) is 5.32 Å². The molecule has 2 N–H and O–H groups in total. The van der Waals surface area contributed by atoms with Crippen LogP contribution in [-0.2, 0) is 6.42 Å². The molecule has 0 spiro atoms. The van der Waals surface area contributed by atoms with Crippen LogP contribution in [0.15, 0.2) is 10.5 Å². The molecular weight excluding hydrogens is 222 g/mol. The second-order valence-electron chi connectivity index (χ2n) is 4.81. The van der Waals surface area contributed by atoms with Crippen LogP contribution in [-0.4, -0.2) is 22.5 Å². The first-order valence-corrected chi connectivity index (χ1v) is 5.43. The van der Waals surface area contributed by atoms with Gasteiger partial charge in [0, 0.05) is 18.0 Å². The first-order chi connectivity index (χ1) is 7.74. The highest BCUT2D eigenvalue weighted by Crippen LogP contribution is 2.17. The van der Waals surface area contributed by atoms with E-state index in [0.717, 1.165) is 0 Å². The zero-order valence-corrected chi connectivity index (χ0v) is 10.5. The highest BCUT2D eigenvalue weighted by molar-refractivity contribution is 5.96. The monoisotopic (exact) mass is 239 g/mol. The van der Waals surface area contributed by atoms with E-state index in [1.54, 1.807) is 6.92 Å². The van der Waals surface area contributed by atoms with Gasteiger partial charge in [0.2, 0.25) is 0 Å². The van der Waals surface area contributed by atoms with E-state index in [9.17, 15) is 9.59 Å². The summed E-state index contributed by atoms with van der Waals surface area (Å²) >= 11 is 0. The number of nitrogens with one attached hydrogen (secondary N) is 1. The van der Waals surface area contributed by atoms with Gasteiger partial charge in [-0.15, -0.1) is 0 Å². The zero-order chi connectivity index (χ0) is 13.2. The van der Waals surface area contributed by atoms with Gasteiger partial charge in [0.05, 0.1) is 0 Å². The Hall–Kier alpha value is -1.78. The highest BCUT2D eigenvalue weighted by atomic mass is 16.4. The molecule has 1 rings (SSSR count). The molecule has 5 heteroatoms. The van der Waals surface area contributed by atoms with Crippen LogP contribution in [0.5, 0.6) is 0 Å². The van der Waals surface area contributed by atoms with E-state index in [0.29, 0.717) is 12.2 Å². The molecule has 0 aliphatic heterocycles. The molecule has 1 aromatic rings. The number of carbonyl (C=O) groups excluding carboxylic acids is 1. The Bertz CT molecular complexity index is 440. The Labute approximate surface area is 99.8 Å². The highest BCUT2D eigenvalue weighted by Gasteiger charge is 2.22. The van der Waals surface area contributed by atoms with Gasteiger partial charge < -0.3 is 14.8 Å². The van der Waals surface area contributed by atoms with Crippen molar-refractivity contribution in [3.05, 3.63) is 23.2 Å². The predicted molar refractivity (Wildman–Crippen MR) is 62.3 cm³/mol. The maximum atomic E-state index is 11.8. The summed E-state index contributed by atoms with van der Waals surface area (Å²) in [6, 6.07) is 1.27. The second-order valence-corrected chi connectivity index (χ2v) is 4.81. The van der Waals surface area contributed by atoms with Crippen LogP contribution in [0, 0.1) is 0 Å². The molecule has 0 aliphatic rings. The van der Waals surface area contributed by atoms with Gasteiger partial charge in [-0.1, -0.05) is 6.92 Å². The molecule has 17 heavy (non-hydrogen) atoms. The maximum absolute atomic E-state index is 11.8. The normalized spacial score (nSPS) is 11.3. The molecule has 0 radical (unpaired) electrons. The Balaban J connectivity index is 3.00. The van der Waals surface area contributed by atoms with Gasteiger partial charge in [0.25, 0.3) is 5.91 Å². The van der Waals surface area contributed by atoms with Crippen LogP contribution in [0.4, 0.5) is 0 Å². The van der Waals surface area contributed by atoms with Crippen molar-refractivity contribution in [1.29, 1.82) is 0 Å². The fourth-order valence-corrected chi connectivity index (χ4v) is 1.39. The van der Waals surface area contributed by atoms with Crippen LogP contribution in [0.2, 0.25) is 0 Å². The SMILES string of the molecule is CCc1oc(C(=O)NC(C)(C)C)cc1C(=O)O. The molecule has 0 aromatic carbocycles. The average Bonchev–Trinajstić information content (AvgIpc) is 2.58. The molecule has 1 amide bonds. The van der Waals surface area contributed by atoms with Crippen molar-refractivity contribution in [3.63, 3.8) is 0 Å². The summed E-state index contributed by atoms with van der Waals surface area (Å²) in [5, 5.41) is 11.6. The van der Waals surface area contributed by atoms with Crippen LogP contribution >= 0.6 is 0 Å². The average molecular weight is 239 g/mol. The lowest BCUT2D eigenvalue weighted by Gasteiger charge is -2.19. The van der Waals surface area contributed by atoms with E-state index in [1.165, 1.54) is 6.07 Å². The van der Waals surface area contributed by atoms with Crippen LogP contribution in [0.25, 0.3) is 0 Å². The summed E-state index contributed by atoms with van der Waals surface area (Å²) in [7, 11) is 0. The van der Waals surface area contributed by atoms with E-state index >= 15 is 0 Å². The first-order valence-electron chi connectivity index (χ1n) is 5.43. The van der Waals surface area contributed by atoms with Crippen LogP contribution < -0.4 is 5.32 Å². The maximum Gasteiger partial charge on any atom is 0.339 e. The van der Waals surface area contributed by atoms with Gasteiger partial charge in [-0.05, 0) is 20.8 Å². The molecule has 1 aromatic heterocycles. The minimum atomic E-state index is -1.08. The van der Waals surface area contributed by atoms with E-state index in [2.05, 4.69) is 5.32 Å². The zero-order valence-electron chi connectivity index (χ0n) is 10.5. The third-order valence-corrected chi connectivity index (χ3v) is 2.07. The number of rotatable bonds is 3. The number of furan rings is 1. The number of aryl methyl sites for hydroxylation is 1. The number of hydrogen-bond donors (Lipinski definition) is 2. The van der Waals surface area contributed by atoms with Crippen molar-refractivity contribution in [2.24, 2.45) is 0 Å². The third kappa shape index (κ3) is 3.34. The summed E-state index contributed by atoms with van der Waals surface area (Å²) in [6.07, 6.45) is 0.435. The van der Waals surface area contributed by atoms with E-state index < -0.39 is 11.9 Å². The van der Waals surface area contributed by atoms with Gasteiger partial charge in [-0.25, -0.2) is 4.79 Å². The summed E-state index contributed by atoms with van der Waals surface area (Å²) in [5.74, 6) is -1.13. The largest absolute Gasteiger partial charge is 0.478 e. The van der Waals surface area contributed by atoms with Crippen LogP contribution in [0.3, 0.4) is 0 Å². The molecule has 0 unspecified atom stereocenters. The Morgan fingerprint density at radius 3 is 2.35 bits per heavy atom. The van der Waals surface area contributed by atoms with Crippen molar-refractivity contribution in [2.75, 3.05) is 0 Å². The number of carboxylic acid groups (broad SMARTS) is 1. The Morgan fingerprint density at radius 2 is 2.00 bits per heavy atom. The molecule has 0 bridgehead atoms. The van der Waals surface area contributed by atoms with Crippen molar-refractivity contribution >= 4 is 11.9 Å². The van der Waals surface area contributed by atoms with Gasteiger partial charge in [0.1, 0.15) is 11.3 Å². The third-order valence-electron chi connectivity index (χ3n) is 2.07. The lowest BCUT2D eigenvalue weighted by Crippen LogP contribution is -2.40. The summed E-state index contributed by atoms with van der Waals surface area (Å²) in [6.45, 7) is 7.29.